The molecule has 2 aliphatic rings. The summed E-state index contributed by atoms with van der Waals surface area (Å²) in [6, 6.07) is 0.0106. The minimum absolute atomic E-state index is 0.0106. The Balaban J connectivity index is 1.65. The van der Waals surface area contributed by atoms with Gasteiger partial charge in [-0.1, -0.05) is 12.1 Å². The van der Waals surface area contributed by atoms with E-state index >= 15 is 0 Å². The highest BCUT2D eigenvalue weighted by Crippen LogP contribution is 2.39. The molecule has 104 valence electrons. The zero-order valence-electron chi connectivity index (χ0n) is 11.2. The average Bonchev–Trinajstić information content (AvgIpc) is 2.88. The first-order valence-corrected chi connectivity index (χ1v) is 7.01. The summed E-state index contributed by atoms with van der Waals surface area (Å²) >= 11 is 0. The molecule has 1 aromatic heterocycles. The molecule has 2 N–H and O–H groups in total. The first-order valence-electron chi connectivity index (χ1n) is 7.01. The van der Waals surface area contributed by atoms with Crippen molar-refractivity contribution < 1.29 is 4.79 Å². The van der Waals surface area contributed by atoms with Crippen LogP contribution in [0.1, 0.15) is 44.9 Å². The fourth-order valence-electron chi connectivity index (χ4n) is 2.79. The van der Waals surface area contributed by atoms with Crippen LogP contribution in [0.2, 0.25) is 0 Å². The predicted molar refractivity (Wildman–Crippen MR) is 68.2 cm³/mol. The Hall–Kier alpha value is -1.66. The number of rotatable bonds is 2. The molecule has 0 aromatic carbocycles. The number of hydrogen-bond acceptors (Lipinski definition) is 4. The monoisotopic (exact) mass is 264 g/mol. The summed E-state index contributed by atoms with van der Waals surface area (Å²) in [6.45, 7) is 3.92. The first kappa shape index (κ1) is 12.4. The van der Waals surface area contributed by atoms with E-state index in [1.54, 1.807) is 0 Å². The minimum atomic E-state index is -0.396. The van der Waals surface area contributed by atoms with Crippen LogP contribution in [0.3, 0.4) is 0 Å². The van der Waals surface area contributed by atoms with Crippen molar-refractivity contribution in [2.24, 2.45) is 5.92 Å². The Morgan fingerprint density at radius 3 is 2.68 bits per heavy atom. The van der Waals surface area contributed by atoms with E-state index in [0.29, 0.717) is 5.82 Å². The lowest BCUT2D eigenvalue weighted by Gasteiger charge is -2.41. The Bertz CT molecular complexity index is 433. The number of nitrogens with one attached hydrogen (secondary N) is 2. The van der Waals surface area contributed by atoms with Crippen molar-refractivity contribution in [2.45, 2.75) is 44.6 Å². The fourth-order valence-corrected chi connectivity index (χ4v) is 2.79. The van der Waals surface area contributed by atoms with Gasteiger partial charge in [-0.3, -0.25) is 0 Å². The Kier molecular flexibility index (Phi) is 3.12. The second-order valence-corrected chi connectivity index (χ2v) is 5.77. The van der Waals surface area contributed by atoms with E-state index in [0.717, 1.165) is 51.1 Å². The van der Waals surface area contributed by atoms with Gasteiger partial charge in [0.2, 0.25) is 0 Å². The van der Waals surface area contributed by atoms with Crippen molar-refractivity contribution in [1.29, 1.82) is 0 Å². The number of H-pyrrole nitrogens is 1. The number of urea groups is 1. The van der Waals surface area contributed by atoms with Crippen molar-refractivity contribution >= 4 is 6.03 Å². The van der Waals surface area contributed by atoms with Crippen molar-refractivity contribution in [3.63, 3.8) is 0 Å². The zero-order chi connectivity index (χ0) is 13.3. The van der Waals surface area contributed by atoms with E-state index in [1.807, 2.05) is 4.90 Å². The van der Waals surface area contributed by atoms with Gasteiger partial charge in [-0.05, 0) is 38.0 Å². The number of nitrogens with zero attached hydrogens (tertiary/aromatic N) is 4. The quantitative estimate of drug-likeness (QED) is 0.835. The second-order valence-electron chi connectivity index (χ2n) is 5.77. The number of hydrogen-bond donors (Lipinski definition) is 2. The molecule has 3 rings (SSSR count). The third-order valence-electron chi connectivity index (χ3n) is 4.40. The van der Waals surface area contributed by atoms with Crippen molar-refractivity contribution in [3.8, 4) is 0 Å². The smallest absolute Gasteiger partial charge is 0.318 e. The molecule has 19 heavy (non-hydrogen) atoms. The van der Waals surface area contributed by atoms with Crippen molar-refractivity contribution in [3.05, 3.63) is 5.82 Å². The van der Waals surface area contributed by atoms with Gasteiger partial charge >= 0.3 is 6.03 Å². The predicted octanol–water partition coefficient (Wildman–Crippen LogP) is 1.02. The lowest BCUT2D eigenvalue weighted by Crippen LogP contribution is -2.56. The molecule has 7 nitrogen and oxygen atoms in total. The SMILES string of the molecule is CC1CCN(C(=O)NC2(c3nn[nH]n3)CCC2)CC1. The van der Waals surface area contributed by atoms with Gasteiger partial charge in [0.05, 0.1) is 0 Å². The Morgan fingerprint density at radius 1 is 1.42 bits per heavy atom. The van der Waals surface area contributed by atoms with Gasteiger partial charge in [0, 0.05) is 13.1 Å². The van der Waals surface area contributed by atoms with Crippen molar-refractivity contribution in [1.82, 2.24) is 30.8 Å². The maximum absolute atomic E-state index is 12.3. The molecule has 7 heteroatoms. The molecule has 0 atom stereocenters. The number of aromatic amines is 1. The summed E-state index contributed by atoms with van der Waals surface area (Å²) in [7, 11) is 0. The van der Waals surface area contributed by atoms with E-state index in [1.165, 1.54) is 0 Å². The van der Waals surface area contributed by atoms with Gasteiger partial charge in [0.25, 0.3) is 0 Å². The molecule has 1 aliphatic carbocycles. The van der Waals surface area contributed by atoms with E-state index in [9.17, 15) is 4.79 Å². The molecular formula is C12H20N6O. The van der Waals surface area contributed by atoms with Crippen LogP contribution < -0.4 is 5.32 Å². The molecule has 2 fully saturated rings. The summed E-state index contributed by atoms with van der Waals surface area (Å²) in [5, 5.41) is 17.3. The van der Waals surface area contributed by atoms with E-state index in [-0.39, 0.29) is 6.03 Å². The average molecular weight is 264 g/mol. The molecule has 2 amide bonds. The number of tetrazole rings is 1. The van der Waals surface area contributed by atoms with Gasteiger partial charge in [0.15, 0.2) is 5.82 Å². The maximum atomic E-state index is 12.3. The number of piperidine rings is 1. The van der Waals surface area contributed by atoms with Crippen molar-refractivity contribution in [2.75, 3.05) is 13.1 Å². The lowest BCUT2D eigenvalue weighted by atomic mass is 9.76. The number of amides is 2. The summed E-state index contributed by atoms with van der Waals surface area (Å²) in [5.74, 6) is 1.33. The highest BCUT2D eigenvalue weighted by atomic mass is 16.2. The highest BCUT2D eigenvalue weighted by Gasteiger charge is 2.44. The summed E-state index contributed by atoms with van der Waals surface area (Å²) in [6.07, 6.45) is 5.04. The number of aromatic nitrogens is 4. The number of carbonyl (C=O) groups is 1. The zero-order valence-corrected chi connectivity index (χ0v) is 11.2. The molecule has 0 bridgehead atoms. The van der Waals surface area contributed by atoms with E-state index in [2.05, 4.69) is 32.9 Å². The summed E-state index contributed by atoms with van der Waals surface area (Å²) in [4.78, 5) is 14.2. The molecule has 2 heterocycles. The van der Waals surface area contributed by atoms with Gasteiger partial charge < -0.3 is 10.2 Å². The molecule has 0 radical (unpaired) electrons. The third kappa shape index (κ3) is 2.29. The largest absolute Gasteiger partial charge is 0.325 e. The van der Waals surface area contributed by atoms with Gasteiger partial charge in [-0.15, -0.1) is 10.2 Å². The minimum Gasteiger partial charge on any atom is -0.325 e. The topological polar surface area (TPSA) is 86.8 Å². The molecule has 0 spiro atoms. The number of carbonyl (C=O) groups excluding carboxylic acids is 1. The first-order chi connectivity index (χ1) is 9.20. The molecule has 0 unspecified atom stereocenters. The molecule has 1 aliphatic heterocycles. The fraction of sp³-hybridized carbons (Fsp3) is 0.833. The Morgan fingerprint density at radius 2 is 2.16 bits per heavy atom. The maximum Gasteiger partial charge on any atom is 0.318 e. The lowest BCUT2D eigenvalue weighted by molar-refractivity contribution is 0.131. The van der Waals surface area contributed by atoms with E-state index in [4.69, 9.17) is 0 Å². The molecule has 1 saturated heterocycles. The van der Waals surface area contributed by atoms with Gasteiger partial charge in [0.1, 0.15) is 5.54 Å². The summed E-state index contributed by atoms with van der Waals surface area (Å²) in [5.41, 5.74) is -0.396. The van der Waals surface area contributed by atoms with Gasteiger partial charge in [-0.25, -0.2) is 4.79 Å². The van der Waals surface area contributed by atoms with Crippen LogP contribution in [0.4, 0.5) is 4.79 Å². The van der Waals surface area contributed by atoms with Crippen LogP contribution in [0, 0.1) is 5.92 Å². The molecule has 1 saturated carbocycles. The van der Waals surface area contributed by atoms with Crippen LogP contribution in [0.5, 0.6) is 0 Å². The third-order valence-corrected chi connectivity index (χ3v) is 4.40. The normalized spacial score (nSPS) is 22.9. The second kappa shape index (κ2) is 4.79. The van der Waals surface area contributed by atoms with Crippen LogP contribution in [-0.4, -0.2) is 44.6 Å². The molecule has 1 aromatic rings. The standard InChI is InChI=1S/C12H20N6O/c1-9-3-7-18(8-4-9)11(19)13-12(5-2-6-12)10-14-16-17-15-10/h9H,2-8H2,1H3,(H,13,19)(H,14,15,16,17). The van der Waals surface area contributed by atoms with Crippen LogP contribution >= 0.6 is 0 Å². The Labute approximate surface area is 112 Å². The van der Waals surface area contributed by atoms with Crippen LogP contribution in [0.25, 0.3) is 0 Å². The van der Waals surface area contributed by atoms with Gasteiger partial charge in [-0.2, -0.15) is 5.21 Å². The highest BCUT2D eigenvalue weighted by molar-refractivity contribution is 5.75. The van der Waals surface area contributed by atoms with Crippen LogP contribution in [0.15, 0.2) is 0 Å². The van der Waals surface area contributed by atoms with E-state index < -0.39 is 5.54 Å². The van der Waals surface area contributed by atoms with Crippen LogP contribution in [-0.2, 0) is 5.54 Å². The summed E-state index contributed by atoms with van der Waals surface area (Å²) < 4.78 is 0. The number of likely N-dealkylation sites (tertiary alicyclic amines) is 1. The molecular weight excluding hydrogens is 244 g/mol.